The number of pyridine rings is 1. The molecule has 0 saturated carbocycles. The number of nitrogen functional groups attached to an aromatic ring is 1. The van der Waals surface area contributed by atoms with Gasteiger partial charge in [0.2, 0.25) is 5.88 Å². The van der Waals surface area contributed by atoms with Crippen LogP contribution in [-0.2, 0) is 5.54 Å². The van der Waals surface area contributed by atoms with Crippen LogP contribution in [0.2, 0.25) is 0 Å². The predicted molar refractivity (Wildman–Crippen MR) is 74.0 cm³/mol. The van der Waals surface area contributed by atoms with E-state index in [4.69, 9.17) is 10.5 Å². The maximum absolute atomic E-state index is 5.73. The maximum Gasteiger partial charge on any atom is 0.238 e. The molecule has 0 aromatic carbocycles. The number of rotatable bonds is 4. The number of nitrogens with two attached hydrogens (primary N) is 1. The molecule has 0 unspecified atom stereocenters. The number of hydrogen-bond donors (Lipinski definition) is 2. The highest BCUT2D eigenvalue weighted by atomic mass is 32.1. The van der Waals surface area contributed by atoms with Crippen LogP contribution >= 0.6 is 11.3 Å². The number of hydrogen-bond acceptors (Lipinski definition) is 6. The van der Waals surface area contributed by atoms with Crippen LogP contribution in [0.3, 0.4) is 0 Å². The first-order valence-corrected chi connectivity index (χ1v) is 6.39. The summed E-state index contributed by atoms with van der Waals surface area (Å²) in [7, 11) is 1.55. The molecule has 0 amide bonds. The summed E-state index contributed by atoms with van der Waals surface area (Å²) in [4.78, 5) is 8.62. The van der Waals surface area contributed by atoms with Crippen molar-refractivity contribution in [3.05, 3.63) is 28.7 Å². The van der Waals surface area contributed by atoms with Crippen molar-refractivity contribution in [3.8, 4) is 5.88 Å². The van der Waals surface area contributed by atoms with Gasteiger partial charge in [0.25, 0.3) is 0 Å². The molecule has 0 fully saturated rings. The fraction of sp³-hybridized carbons (Fsp3) is 0.333. The Kier molecular flexibility index (Phi) is 3.38. The highest BCUT2D eigenvalue weighted by Gasteiger charge is 2.23. The summed E-state index contributed by atoms with van der Waals surface area (Å²) in [6, 6.07) is 3.60. The number of nitrogens with one attached hydrogen (secondary N) is 1. The molecule has 2 rings (SSSR count). The van der Waals surface area contributed by atoms with Crippen LogP contribution in [0.4, 0.5) is 11.5 Å². The smallest absolute Gasteiger partial charge is 0.238 e. The van der Waals surface area contributed by atoms with Crippen LogP contribution in [0.25, 0.3) is 0 Å². The van der Waals surface area contributed by atoms with Crippen molar-refractivity contribution < 1.29 is 4.74 Å². The van der Waals surface area contributed by atoms with Crippen molar-refractivity contribution in [3.63, 3.8) is 0 Å². The molecule has 2 aromatic heterocycles. The average Bonchev–Trinajstić information content (AvgIpc) is 2.85. The van der Waals surface area contributed by atoms with E-state index in [1.807, 2.05) is 11.4 Å². The first kappa shape index (κ1) is 12.6. The molecule has 0 aliphatic carbocycles. The molecule has 5 nitrogen and oxygen atoms in total. The molecule has 2 aromatic rings. The monoisotopic (exact) mass is 264 g/mol. The largest absolute Gasteiger partial charge is 0.479 e. The minimum absolute atomic E-state index is 0.289. The fourth-order valence-corrected chi connectivity index (χ4v) is 2.31. The molecule has 2 heterocycles. The molecular weight excluding hydrogens is 248 g/mol. The second-order valence-electron chi connectivity index (χ2n) is 4.38. The molecule has 6 heteroatoms. The Morgan fingerprint density at radius 2 is 2.17 bits per heavy atom. The van der Waals surface area contributed by atoms with Crippen molar-refractivity contribution in [2.45, 2.75) is 19.4 Å². The molecule has 18 heavy (non-hydrogen) atoms. The van der Waals surface area contributed by atoms with Crippen LogP contribution in [0.15, 0.2) is 23.7 Å². The lowest BCUT2D eigenvalue weighted by molar-refractivity contribution is 0.400. The van der Waals surface area contributed by atoms with Crippen LogP contribution in [-0.4, -0.2) is 17.1 Å². The topological polar surface area (TPSA) is 73.1 Å². The molecule has 0 aliphatic heterocycles. The summed E-state index contributed by atoms with van der Waals surface area (Å²) in [5.41, 5.74) is 5.97. The number of methoxy groups -OCH3 is 1. The zero-order valence-corrected chi connectivity index (χ0v) is 11.4. The van der Waals surface area contributed by atoms with Crippen molar-refractivity contribution >= 4 is 22.8 Å². The molecule has 96 valence electrons. The van der Waals surface area contributed by atoms with Gasteiger partial charge in [-0.25, -0.2) is 4.98 Å². The average molecular weight is 264 g/mol. The second-order valence-corrected chi connectivity index (χ2v) is 5.28. The van der Waals surface area contributed by atoms with E-state index in [9.17, 15) is 0 Å². The first-order chi connectivity index (χ1) is 8.53. The van der Waals surface area contributed by atoms with Crippen LogP contribution in [0.5, 0.6) is 5.88 Å². The number of ether oxygens (including phenoxy) is 1. The van der Waals surface area contributed by atoms with E-state index in [0.717, 1.165) is 5.01 Å². The van der Waals surface area contributed by atoms with Gasteiger partial charge in [0.1, 0.15) is 10.8 Å². The highest BCUT2D eigenvalue weighted by molar-refractivity contribution is 7.09. The number of aromatic nitrogens is 2. The Balaban J connectivity index is 2.24. The SMILES string of the molecule is COc1nc(NC(C)(C)c2nccs2)ccc1N. The summed E-state index contributed by atoms with van der Waals surface area (Å²) in [5.74, 6) is 1.14. The van der Waals surface area contributed by atoms with E-state index in [2.05, 4.69) is 29.1 Å². The molecule has 0 aliphatic rings. The van der Waals surface area contributed by atoms with Gasteiger partial charge < -0.3 is 15.8 Å². The Bertz CT molecular complexity index is 525. The molecule has 0 atom stereocenters. The lowest BCUT2D eigenvalue weighted by atomic mass is 10.1. The number of anilines is 2. The third-order valence-electron chi connectivity index (χ3n) is 2.49. The van der Waals surface area contributed by atoms with E-state index < -0.39 is 0 Å². The minimum Gasteiger partial charge on any atom is -0.479 e. The van der Waals surface area contributed by atoms with Crippen LogP contribution < -0.4 is 15.8 Å². The van der Waals surface area contributed by atoms with Crippen molar-refractivity contribution in [2.75, 3.05) is 18.2 Å². The summed E-state index contributed by atoms with van der Waals surface area (Å²) >= 11 is 1.60. The van der Waals surface area contributed by atoms with Crippen LogP contribution in [0, 0.1) is 0 Å². The molecule has 0 radical (unpaired) electrons. The normalized spacial score (nSPS) is 11.3. The Morgan fingerprint density at radius 1 is 1.39 bits per heavy atom. The molecule has 0 spiro atoms. The Morgan fingerprint density at radius 3 is 2.78 bits per heavy atom. The summed E-state index contributed by atoms with van der Waals surface area (Å²) in [6.07, 6.45) is 1.79. The summed E-state index contributed by atoms with van der Waals surface area (Å²) in [6.45, 7) is 4.10. The van der Waals surface area contributed by atoms with E-state index in [0.29, 0.717) is 17.4 Å². The minimum atomic E-state index is -0.289. The summed E-state index contributed by atoms with van der Waals surface area (Å²) in [5, 5.41) is 6.28. The van der Waals surface area contributed by atoms with Gasteiger partial charge in [0.05, 0.1) is 18.3 Å². The number of nitrogens with zero attached hydrogens (tertiary/aromatic N) is 2. The van der Waals surface area contributed by atoms with Gasteiger partial charge in [-0.3, -0.25) is 0 Å². The predicted octanol–water partition coefficient (Wildman–Crippen LogP) is 2.48. The van der Waals surface area contributed by atoms with Crippen molar-refractivity contribution in [1.82, 2.24) is 9.97 Å². The van der Waals surface area contributed by atoms with Gasteiger partial charge in [-0.1, -0.05) is 0 Å². The van der Waals surface area contributed by atoms with Crippen LogP contribution in [0.1, 0.15) is 18.9 Å². The third-order valence-corrected chi connectivity index (χ3v) is 3.59. The first-order valence-electron chi connectivity index (χ1n) is 5.51. The number of thiazole rings is 1. The Labute approximate surface area is 110 Å². The van der Waals surface area contributed by atoms with Gasteiger partial charge in [0.15, 0.2) is 0 Å². The van der Waals surface area contributed by atoms with Gasteiger partial charge in [0, 0.05) is 11.6 Å². The van der Waals surface area contributed by atoms with Gasteiger partial charge in [-0.15, -0.1) is 11.3 Å². The van der Waals surface area contributed by atoms with Gasteiger partial charge >= 0.3 is 0 Å². The zero-order valence-electron chi connectivity index (χ0n) is 10.6. The third kappa shape index (κ3) is 2.53. The maximum atomic E-state index is 5.73. The Hall–Kier alpha value is -1.82. The van der Waals surface area contributed by atoms with Crippen molar-refractivity contribution in [1.29, 1.82) is 0 Å². The standard InChI is InChI=1S/C12H16N4OS/c1-12(2,11-14-6-7-18-11)16-9-5-4-8(13)10(15-9)17-3/h4-7H,13H2,1-3H3,(H,15,16). The van der Waals surface area contributed by atoms with Crippen molar-refractivity contribution in [2.24, 2.45) is 0 Å². The summed E-state index contributed by atoms with van der Waals surface area (Å²) < 4.78 is 5.10. The molecule has 0 saturated heterocycles. The molecular formula is C12H16N4OS. The van der Waals surface area contributed by atoms with E-state index >= 15 is 0 Å². The highest BCUT2D eigenvalue weighted by Crippen LogP contribution is 2.28. The second kappa shape index (κ2) is 4.81. The van der Waals surface area contributed by atoms with Gasteiger partial charge in [-0.2, -0.15) is 4.98 Å². The molecule has 0 bridgehead atoms. The zero-order chi connectivity index (χ0) is 13.2. The fourth-order valence-electron chi connectivity index (χ4n) is 1.59. The molecule has 3 N–H and O–H groups in total. The van der Waals surface area contributed by atoms with E-state index in [1.54, 1.807) is 30.7 Å². The van der Waals surface area contributed by atoms with E-state index in [-0.39, 0.29) is 5.54 Å². The lowest BCUT2D eigenvalue weighted by Crippen LogP contribution is -2.28. The van der Waals surface area contributed by atoms with Gasteiger partial charge in [-0.05, 0) is 26.0 Å². The quantitative estimate of drug-likeness (QED) is 0.887. The van der Waals surface area contributed by atoms with E-state index in [1.165, 1.54) is 0 Å². The lowest BCUT2D eigenvalue weighted by Gasteiger charge is -2.24.